The second kappa shape index (κ2) is 5.98. The molecule has 0 aliphatic heterocycles. The van der Waals surface area contributed by atoms with Crippen molar-refractivity contribution >= 4 is 33.2 Å². The average Bonchev–Trinajstić information content (AvgIpc) is 2.66. The van der Waals surface area contributed by atoms with E-state index in [0.29, 0.717) is 5.57 Å². The first-order valence-electron chi connectivity index (χ1n) is 7.79. The van der Waals surface area contributed by atoms with Crippen LogP contribution in [0.4, 0.5) is 0 Å². The highest BCUT2D eigenvalue weighted by Crippen LogP contribution is 2.31. The van der Waals surface area contributed by atoms with Gasteiger partial charge in [0.15, 0.2) is 0 Å². The zero-order valence-electron chi connectivity index (χ0n) is 13.0. The minimum absolute atomic E-state index is 0.637. The summed E-state index contributed by atoms with van der Waals surface area (Å²) < 4.78 is 0. The Morgan fingerprint density at radius 2 is 1.50 bits per heavy atom. The lowest BCUT2D eigenvalue weighted by molar-refractivity contribution is 1.32. The maximum absolute atomic E-state index is 9.59. The molecule has 4 aromatic rings. The van der Waals surface area contributed by atoms with E-state index in [1.165, 1.54) is 16.2 Å². The van der Waals surface area contributed by atoms with Gasteiger partial charge in [-0.2, -0.15) is 5.26 Å². The molecule has 0 aliphatic rings. The maximum Gasteiger partial charge on any atom is 0.0998 e. The van der Waals surface area contributed by atoms with Crippen LogP contribution in [0.1, 0.15) is 11.1 Å². The third kappa shape index (κ3) is 2.43. The highest BCUT2D eigenvalue weighted by Gasteiger charge is 2.07. The van der Waals surface area contributed by atoms with Crippen LogP contribution >= 0.6 is 0 Å². The summed E-state index contributed by atoms with van der Waals surface area (Å²) >= 11 is 0. The Labute approximate surface area is 140 Å². The molecule has 0 atom stereocenters. The van der Waals surface area contributed by atoms with Crippen molar-refractivity contribution in [2.75, 3.05) is 0 Å². The monoisotopic (exact) mass is 306 g/mol. The van der Waals surface area contributed by atoms with Crippen molar-refractivity contribution in [3.8, 4) is 6.07 Å². The Bertz CT molecular complexity index is 1100. The van der Waals surface area contributed by atoms with Gasteiger partial charge in [0.25, 0.3) is 0 Å². The number of aromatic nitrogens is 1. The van der Waals surface area contributed by atoms with Crippen LogP contribution in [0.3, 0.4) is 0 Å². The van der Waals surface area contributed by atoms with Crippen molar-refractivity contribution in [3.63, 3.8) is 0 Å². The third-order valence-corrected chi connectivity index (χ3v) is 4.21. The highest BCUT2D eigenvalue weighted by molar-refractivity contribution is 6.12. The number of rotatable bonds is 2. The van der Waals surface area contributed by atoms with E-state index in [0.717, 1.165) is 16.5 Å². The molecular formula is C22H14N2. The van der Waals surface area contributed by atoms with Crippen molar-refractivity contribution < 1.29 is 0 Å². The highest BCUT2D eigenvalue weighted by atomic mass is 14.6. The van der Waals surface area contributed by atoms with Crippen molar-refractivity contribution in [1.29, 1.82) is 5.26 Å². The maximum atomic E-state index is 9.59. The number of hydrogen-bond donors (Lipinski definition) is 0. The molecule has 0 saturated heterocycles. The number of nitrogens with zero attached hydrogens (tertiary/aromatic N) is 2. The molecule has 2 nitrogen and oxygen atoms in total. The summed E-state index contributed by atoms with van der Waals surface area (Å²) in [5, 5.41) is 14.3. The van der Waals surface area contributed by atoms with Crippen LogP contribution in [-0.4, -0.2) is 4.98 Å². The Balaban J connectivity index is 2.02. The fraction of sp³-hybridized carbons (Fsp3) is 0. The predicted octanol–water partition coefficient (Wildman–Crippen LogP) is 5.45. The molecule has 0 spiro atoms. The Morgan fingerprint density at radius 1 is 0.833 bits per heavy atom. The lowest BCUT2D eigenvalue weighted by atomic mass is 9.95. The standard InChI is InChI=1S/C22H14N2/c23-15-19(16-9-11-24-12-10-16)14-18-13-17-5-1-2-6-20(17)22-8-4-3-7-21(18)22/h1-14H. The van der Waals surface area contributed by atoms with Crippen molar-refractivity contribution in [2.24, 2.45) is 0 Å². The summed E-state index contributed by atoms with van der Waals surface area (Å²) in [5.41, 5.74) is 2.57. The van der Waals surface area contributed by atoms with Gasteiger partial charge < -0.3 is 0 Å². The summed E-state index contributed by atoms with van der Waals surface area (Å²) in [6.45, 7) is 0. The number of benzene rings is 3. The Morgan fingerprint density at radius 3 is 2.25 bits per heavy atom. The van der Waals surface area contributed by atoms with Crippen molar-refractivity contribution in [3.05, 3.63) is 90.3 Å². The molecule has 0 saturated carbocycles. The second-order valence-corrected chi connectivity index (χ2v) is 5.64. The molecular weight excluding hydrogens is 292 g/mol. The van der Waals surface area contributed by atoms with E-state index in [2.05, 4.69) is 53.5 Å². The van der Waals surface area contributed by atoms with E-state index in [1.807, 2.05) is 30.3 Å². The fourth-order valence-electron chi connectivity index (χ4n) is 3.07. The molecule has 1 heterocycles. The molecule has 112 valence electrons. The minimum Gasteiger partial charge on any atom is -0.265 e. The smallest absolute Gasteiger partial charge is 0.0998 e. The normalized spacial score (nSPS) is 11.5. The van der Waals surface area contributed by atoms with Crippen LogP contribution in [-0.2, 0) is 0 Å². The minimum atomic E-state index is 0.637. The molecule has 0 unspecified atom stereocenters. The lowest BCUT2D eigenvalue weighted by Crippen LogP contribution is -1.86. The van der Waals surface area contributed by atoms with E-state index in [-0.39, 0.29) is 0 Å². The van der Waals surface area contributed by atoms with Gasteiger partial charge in [0.1, 0.15) is 0 Å². The Kier molecular flexibility index (Phi) is 3.53. The average molecular weight is 306 g/mol. The Hall–Kier alpha value is -3.44. The van der Waals surface area contributed by atoms with E-state index < -0.39 is 0 Å². The van der Waals surface area contributed by atoms with Crippen LogP contribution in [0.2, 0.25) is 0 Å². The number of hydrogen-bond acceptors (Lipinski definition) is 2. The topological polar surface area (TPSA) is 36.7 Å². The SMILES string of the molecule is N#CC(=Cc1cc2ccccc2c2ccccc12)c1ccncc1. The zero-order chi connectivity index (χ0) is 16.4. The zero-order valence-corrected chi connectivity index (χ0v) is 13.0. The number of pyridine rings is 1. The van der Waals surface area contributed by atoms with E-state index in [1.54, 1.807) is 12.4 Å². The summed E-state index contributed by atoms with van der Waals surface area (Å²) in [4.78, 5) is 4.02. The largest absolute Gasteiger partial charge is 0.265 e. The first-order chi connectivity index (χ1) is 11.9. The van der Waals surface area contributed by atoms with Gasteiger partial charge in [0.2, 0.25) is 0 Å². The predicted molar refractivity (Wildman–Crippen MR) is 99.2 cm³/mol. The second-order valence-electron chi connectivity index (χ2n) is 5.64. The van der Waals surface area contributed by atoms with Gasteiger partial charge in [0.05, 0.1) is 11.6 Å². The van der Waals surface area contributed by atoms with Gasteiger partial charge in [-0.15, -0.1) is 0 Å². The van der Waals surface area contributed by atoms with E-state index >= 15 is 0 Å². The number of allylic oxidation sites excluding steroid dienone is 1. The molecule has 2 heteroatoms. The molecule has 0 bridgehead atoms. The third-order valence-electron chi connectivity index (χ3n) is 4.21. The molecule has 0 amide bonds. The van der Waals surface area contributed by atoms with Gasteiger partial charge in [0, 0.05) is 12.4 Å². The summed E-state index contributed by atoms with van der Waals surface area (Å²) in [5.74, 6) is 0. The van der Waals surface area contributed by atoms with Gasteiger partial charge in [-0.1, -0.05) is 48.5 Å². The summed E-state index contributed by atoms with van der Waals surface area (Å²) in [7, 11) is 0. The molecule has 0 radical (unpaired) electrons. The van der Waals surface area contributed by atoms with Crippen LogP contribution in [0, 0.1) is 11.3 Å². The molecule has 24 heavy (non-hydrogen) atoms. The fourth-order valence-corrected chi connectivity index (χ4v) is 3.07. The van der Waals surface area contributed by atoms with Gasteiger partial charge in [-0.05, 0) is 56.9 Å². The van der Waals surface area contributed by atoms with Crippen LogP contribution in [0.5, 0.6) is 0 Å². The first kappa shape index (κ1) is 14.2. The van der Waals surface area contributed by atoms with E-state index in [4.69, 9.17) is 0 Å². The first-order valence-corrected chi connectivity index (χ1v) is 7.79. The number of fused-ring (bicyclic) bond motifs is 3. The van der Waals surface area contributed by atoms with Crippen molar-refractivity contribution in [2.45, 2.75) is 0 Å². The van der Waals surface area contributed by atoms with E-state index in [9.17, 15) is 5.26 Å². The van der Waals surface area contributed by atoms with Gasteiger partial charge >= 0.3 is 0 Å². The molecule has 0 N–H and O–H groups in total. The van der Waals surface area contributed by atoms with Crippen LogP contribution in [0.25, 0.3) is 33.2 Å². The van der Waals surface area contributed by atoms with Crippen LogP contribution in [0.15, 0.2) is 79.1 Å². The molecule has 1 aromatic heterocycles. The van der Waals surface area contributed by atoms with Crippen LogP contribution < -0.4 is 0 Å². The summed E-state index contributed by atoms with van der Waals surface area (Å²) in [6, 6.07) is 24.9. The molecule has 4 rings (SSSR count). The van der Waals surface area contributed by atoms with Gasteiger partial charge in [-0.3, -0.25) is 4.98 Å². The lowest BCUT2D eigenvalue weighted by Gasteiger charge is -2.08. The summed E-state index contributed by atoms with van der Waals surface area (Å²) in [6.07, 6.45) is 5.38. The molecule has 0 fully saturated rings. The quantitative estimate of drug-likeness (QED) is 0.364. The number of nitriles is 1. The molecule has 0 aliphatic carbocycles. The van der Waals surface area contributed by atoms with Gasteiger partial charge in [-0.25, -0.2) is 0 Å². The van der Waals surface area contributed by atoms with Crippen molar-refractivity contribution in [1.82, 2.24) is 4.98 Å². The molecule has 3 aromatic carbocycles.